The van der Waals surface area contributed by atoms with Gasteiger partial charge in [0.15, 0.2) is 0 Å². The molecule has 4 heteroatoms. The van der Waals surface area contributed by atoms with Crippen molar-refractivity contribution in [2.75, 3.05) is 19.8 Å². The Hall–Kier alpha value is -0.160. The van der Waals surface area contributed by atoms with Crippen LogP contribution in [0.2, 0.25) is 0 Å². The number of unbranched alkanes of at least 4 members (excludes halogenated alkanes) is 5. The first-order chi connectivity index (χ1) is 9.56. The zero-order valence-corrected chi connectivity index (χ0v) is 13.6. The molecule has 0 saturated carbocycles. The molecule has 0 saturated heterocycles. The van der Waals surface area contributed by atoms with Crippen molar-refractivity contribution in [1.82, 2.24) is 5.32 Å². The van der Waals surface area contributed by atoms with Crippen LogP contribution in [0.1, 0.15) is 65.7 Å². The lowest BCUT2D eigenvalue weighted by atomic mass is 10.1. The molecule has 0 aliphatic rings. The second-order valence-corrected chi connectivity index (χ2v) is 5.89. The van der Waals surface area contributed by atoms with E-state index in [9.17, 15) is 10.2 Å². The fourth-order valence-electron chi connectivity index (χ4n) is 2.19. The third kappa shape index (κ3) is 14.3. The zero-order chi connectivity index (χ0) is 15.2. The van der Waals surface area contributed by atoms with Crippen molar-refractivity contribution < 1.29 is 14.9 Å². The first-order valence-electron chi connectivity index (χ1n) is 8.23. The summed E-state index contributed by atoms with van der Waals surface area (Å²) in [6, 6.07) is 0.211. The van der Waals surface area contributed by atoms with Gasteiger partial charge >= 0.3 is 0 Å². The molecule has 3 atom stereocenters. The second-order valence-electron chi connectivity index (χ2n) is 5.89. The summed E-state index contributed by atoms with van der Waals surface area (Å²) in [5, 5.41) is 22.2. The van der Waals surface area contributed by atoms with Gasteiger partial charge in [0.05, 0.1) is 18.8 Å². The fraction of sp³-hybridized carbons (Fsp3) is 1.00. The van der Waals surface area contributed by atoms with E-state index in [1.165, 1.54) is 32.1 Å². The number of rotatable bonds is 14. The topological polar surface area (TPSA) is 61.7 Å². The molecule has 0 heterocycles. The molecule has 0 aromatic rings. The maximum absolute atomic E-state index is 9.75. The summed E-state index contributed by atoms with van der Waals surface area (Å²) in [7, 11) is 0. The third-order valence-electron chi connectivity index (χ3n) is 3.35. The predicted octanol–water partition coefficient (Wildman–Crippen LogP) is 2.47. The molecule has 0 aromatic carbocycles. The molecule has 122 valence electrons. The molecule has 0 rings (SSSR count). The Kier molecular flexibility index (Phi) is 13.7. The number of ether oxygens (including phenoxy) is 1. The van der Waals surface area contributed by atoms with Gasteiger partial charge in [0.2, 0.25) is 0 Å². The van der Waals surface area contributed by atoms with Crippen LogP contribution < -0.4 is 5.32 Å². The smallest absolute Gasteiger partial charge is 0.0897 e. The molecule has 0 fully saturated rings. The minimum Gasteiger partial charge on any atom is -0.393 e. The van der Waals surface area contributed by atoms with Gasteiger partial charge in [-0.25, -0.2) is 0 Å². The maximum Gasteiger partial charge on any atom is 0.0897 e. The van der Waals surface area contributed by atoms with E-state index in [4.69, 9.17) is 4.74 Å². The minimum absolute atomic E-state index is 0.211. The van der Waals surface area contributed by atoms with Gasteiger partial charge in [-0.2, -0.15) is 0 Å². The molecule has 20 heavy (non-hydrogen) atoms. The summed E-state index contributed by atoms with van der Waals surface area (Å²) < 4.78 is 5.48. The quantitative estimate of drug-likeness (QED) is 0.430. The molecule has 0 spiro atoms. The highest BCUT2D eigenvalue weighted by molar-refractivity contribution is 4.67. The van der Waals surface area contributed by atoms with Crippen molar-refractivity contribution in [1.29, 1.82) is 0 Å². The average Bonchev–Trinajstić information content (AvgIpc) is 2.38. The van der Waals surface area contributed by atoms with Crippen LogP contribution in [-0.2, 0) is 4.74 Å². The number of hydrogen-bond acceptors (Lipinski definition) is 4. The first-order valence-corrected chi connectivity index (χ1v) is 8.23. The van der Waals surface area contributed by atoms with Crippen LogP contribution in [0, 0.1) is 0 Å². The fourth-order valence-corrected chi connectivity index (χ4v) is 2.19. The molecular formula is C16H35NO3. The maximum atomic E-state index is 9.75. The van der Waals surface area contributed by atoms with Crippen LogP contribution in [0.25, 0.3) is 0 Å². The number of hydrogen-bond donors (Lipinski definition) is 3. The summed E-state index contributed by atoms with van der Waals surface area (Å²) in [5.74, 6) is 0. The normalized spacial score (nSPS) is 16.1. The van der Waals surface area contributed by atoms with E-state index in [2.05, 4.69) is 12.2 Å². The van der Waals surface area contributed by atoms with E-state index in [-0.39, 0.29) is 12.1 Å². The Morgan fingerprint density at radius 1 is 1.00 bits per heavy atom. The zero-order valence-electron chi connectivity index (χ0n) is 13.6. The van der Waals surface area contributed by atoms with E-state index < -0.39 is 6.10 Å². The standard InChI is InChI=1S/C16H35NO3/c1-4-5-6-7-8-9-10-20-13-16(19)12-17-14(2)11-15(3)18/h14-19H,4-13H2,1-3H3. The molecule has 4 nitrogen and oxygen atoms in total. The number of nitrogens with one attached hydrogen (secondary N) is 1. The summed E-state index contributed by atoms with van der Waals surface area (Å²) in [6.45, 7) is 7.66. The van der Waals surface area contributed by atoms with Crippen molar-refractivity contribution >= 4 is 0 Å². The van der Waals surface area contributed by atoms with Crippen molar-refractivity contribution in [2.24, 2.45) is 0 Å². The molecule has 0 amide bonds. The lowest BCUT2D eigenvalue weighted by molar-refractivity contribution is 0.0334. The molecule has 0 aromatic heterocycles. The van der Waals surface area contributed by atoms with E-state index in [1.807, 2.05) is 6.92 Å². The van der Waals surface area contributed by atoms with Crippen LogP contribution in [0.5, 0.6) is 0 Å². The van der Waals surface area contributed by atoms with Crippen molar-refractivity contribution in [2.45, 2.75) is 84.0 Å². The summed E-state index contributed by atoms with van der Waals surface area (Å²) >= 11 is 0. The molecule has 0 aliphatic carbocycles. The number of aliphatic hydroxyl groups is 2. The van der Waals surface area contributed by atoms with E-state index in [0.29, 0.717) is 19.6 Å². The van der Waals surface area contributed by atoms with Crippen LogP contribution in [-0.4, -0.2) is 48.2 Å². The van der Waals surface area contributed by atoms with Crippen LogP contribution >= 0.6 is 0 Å². The lowest BCUT2D eigenvalue weighted by Gasteiger charge is -2.18. The van der Waals surface area contributed by atoms with Gasteiger partial charge in [-0.05, 0) is 26.7 Å². The Morgan fingerprint density at radius 2 is 1.65 bits per heavy atom. The van der Waals surface area contributed by atoms with Crippen LogP contribution in [0.3, 0.4) is 0 Å². The van der Waals surface area contributed by atoms with E-state index in [0.717, 1.165) is 13.0 Å². The van der Waals surface area contributed by atoms with Gasteiger partial charge in [-0.15, -0.1) is 0 Å². The highest BCUT2D eigenvalue weighted by Gasteiger charge is 2.09. The summed E-state index contributed by atoms with van der Waals surface area (Å²) in [4.78, 5) is 0. The van der Waals surface area contributed by atoms with Gasteiger partial charge in [-0.3, -0.25) is 0 Å². The lowest BCUT2D eigenvalue weighted by Crippen LogP contribution is -2.37. The van der Waals surface area contributed by atoms with E-state index >= 15 is 0 Å². The van der Waals surface area contributed by atoms with Gasteiger partial charge in [-0.1, -0.05) is 39.0 Å². The third-order valence-corrected chi connectivity index (χ3v) is 3.35. The predicted molar refractivity (Wildman–Crippen MR) is 84.0 cm³/mol. The van der Waals surface area contributed by atoms with Gasteiger partial charge < -0.3 is 20.3 Å². The monoisotopic (exact) mass is 289 g/mol. The first kappa shape index (κ1) is 19.8. The summed E-state index contributed by atoms with van der Waals surface area (Å²) in [5.41, 5.74) is 0. The SMILES string of the molecule is CCCCCCCCOCC(O)CNC(C)CC(C)O. The number of aliphatic hydroxyl groups excluding tert-OH is 2. The van der Waals surface area contributed by atoms with Gasteiger partial charge in [0, 0.05) is 19.2 Å². The van der Waals surface area contributed by atoms with Crippen molar-refractivity contribution in [3.63, 3.8) is 0 Å². The molecule has 3 N–H and O–H groups in total. The van der Waals surface area contributed by atoms with Gasteiger partial charge in [0.25, 0.3) is 0 Å². The molecule has 3 unspecified atom stereocenters. The molecule has 0 radical (unpaired) electrons. The highest BCUT2D eigenvalue weighted by Crippen LogP contribution is 2.05. The van der Waals surface area contributed by atoms with Gasteiger partial charge in [0.1, 0.15) is 0 Å². The molecule has 0 aliphatic heterocycles. The Balaban J connectivity index is 3.30. The summed E-state index contributed by atoms with van der Waals surface area (Å²) in [6.07, 6.45) is 7.46. The van der Waals surface area contributed by atoms with E-state index in [1.54, 1.807) is 6.92 Å². The second kappa shape index (κ2) is 13.8. The van der Waals surface area contributed by atoms with Crippen LogP contribution in [0.15, 0.2) is 0 Å². The van der Waals surface area contributed by atoms with Crippen molar-refractivity contribution in [3.05, 3.63) is 0 Å². The molecular weight excluding hydrogens is 254 g/mol. The average molecular weight is 289 g/mol. The largest absolute Gasteiger partial charge is 0.393 e. The van der Waals surface area contributed by atoms with Crippen molar-refractivity contribution in [3.8, 4) is 0 Å². The Labute approximate surface area is 124 Å². The highest BCUT2D eigenvalue weighted by atomic mass is 16.5. The minimum atomic E-state index is -0.466. The van der Waals surface area contributed by atoms with Crippen LogP contribution in [0.4, 0.5) is 0 Å². The Morgan fingerprint density at radius 3 is 2.30 bits per heavy atom. The molecule has 0 bridgehead atoms. The Bertz CT molecular complexity index is 200.